The Kier molecular flexibility index (Phi) is 5.65. The number of rotatable bonds is 6. The first kappa shape index (κ1) is 18.5. The van der Waals surface area contributed by atoms with Gasteiger partial charge in [-0.15, -0.1) is 23.1 Å². The van der Waals surface area contributed by atoms with E-state index in [1.165, 1.54) is 12.1 Å². The van der Waals surface area contributed by atoms with Crippen molar-refractivity contribution in [2.24, 2.45) is 0 Å². The van der Waals surface area contributed by atoms with Crippen molar-refractivity contribution in [3.05, 3.63) is 71.6 Å². The van der Waals surface area contributed by atoms with E-state index in [-0.39, 0.29) is 10.1 Å². The summed E-state index contributed by atoms with van der Waals surface area (Å²) in [7, 11) is -3.64. The molecule has 0 aliphatic heterocycles. The topological polar surface area (TPSA) is 75.3 Å². The quantitative estimate of drug-likeness (QED) is 0.592. The predicted octanol–water partition coefficient (Wildman–Crippen LogP) is 4.52. The lowest BCUT2D eigenvalue weighted by atomic mass is 10.2. The molecule has 1 heterocycles. The molecule has 2 aromatic carbocycles. The number of thiophene rings is 1. The van der Waals surface area contributed by atoms with Crippen LogP contribution >= 0.6 is 23.1 Å². The Morgan fingerprint density at radius 2 is 1.77 bits per heavy atom. The summed E-state index contributed by atoms with van der Waals surface area (Å²) < 4.78 is 27.3. The normalized spacial score (nSPS) is 11.1. The first-order valence-corrected chi connectivity index (χ1v) is 11.2. The Morgan fingerprint density at radius 1 is 1.00 bits per heavy atom. The van der Waals surface area contributed by atoms with E-state index in [1.807, 2.05) is 30.5 Å². The zero-order chi connectivity index (χ0) is 18.6. The molecular formula is C18H16N2O3S3. The fourth-order valence-electron chi connectivity index (χ4n) is 2.22. The Hall–Kier alpha value is -2.29. The van der Waals surface area contributed by atoms with Gasteiger partial charge in [0.15, 0.2) is 0 Å². The summed E-state index contributed by atoms with van der Waals surface area (Å²) in [6.45, 7) is 0. The molecule has 3 rings (SSSR count). The molecule has 134 valence electrons. The Balaban J connectivity index is 1.75. The minimum atomic E-state index is -3.64. The van der Waals surface area contributed by atoms with Crippen molar-refractivity contribution in [1.82, 2.24) is 0 Å². The second-order valence-corrected chi connectivity index (χ2v) is 9.04. The largest absolute Gasteiger partial charge is 0.322 e. The number of anilines is 2. The van der Waals surface area contributed by atoms with Gasteiger partial charge in [0.1, 0.15) is 4.21 Å². The van der Waals surface area contributed by atoms with Crippen LogP contribution in [0, 0.1) is 0 Å². The maximum Gasteiger partial charge on any atom is 0.271 e. The number of carbonyl (C=O) groups excluding carboxylic acids is 1. The van der Waals surface area contributed by atoms with Crippen LogP contribution < -0.4 is 10.0 Å². The van der Waals surface area contributed by atoms with Crippen molar-refractivity contribution < 1.29 is 13.2 Å². The van der Waals surface area contributed by atoms with Crippen molar-refractivity contribution in [2.75, 3.05) is 16.3 Å². The molecule has 0 saturated carbocycles. The second kappa shape index (κ2) is 7.94. The first-order valence-electron chi connectivity index (χ1n) is 7.60. The monoisotopic (exact) mass is 404 g/mol. The highest BCUT2D eigenvalue weighted by Gasteiger charge is 2.16. The van der Waals surface area contributed by atoms with Crippen molar-refractivity contribution in [1.29, 1.82) is 0 Å². The molecule has 0 saturated heterocycles. The third-order valence-corrected chi connectivity index (χ3v) is 7.01. The average molecular weight is 405 g/mol. The van der Waals surface area contributed by atoms with Gasteiger partial charge in [0.2, 0.25) is 0 Å². The summed E-state index contributed by atoms with van der Waals surface area (Å²) in [5.74, 6) is -0.306. The number of nitrogens with one attached hydrogen (secondary N) is 2. The van der Waals surface area contributed by atoms with Crippen molar-refractivity contribution in [2.45, 2.75) is 9.10 Å². The third kappa shape index (κ3) is 4.46. The average Bonchev–Trinajstić information content (AvgIpc) is 3.18. The van der Waals surface area contributed by atoms with Gasteiger partial charge < -0.3 is 5.32 Å². The van der Waals surface area contributed by atoms with Crippen LogP contribution in [0.2, 0.25) is 0 Å². The van der Waals surface area contributed by atoms with Crippen molar-refractivity contribution >= 4 is 50.4 Å². The molecule has 8 heteroatoms. The van der Waals surface area contributed by atoms with Gasteiger partial charge in [-0.2, -0.15) is 0 Å². The van der Waals surface area contributed by atoms with Crippen molar-refractivity contribution in [3.63, 3.8) is 0 Å². The van der Waals surface area contributed by atoms with E-state index in [0.29, 0.717) is 16.9 Å². The van der Waals surface area contributed by atoms with Gasteiger partial charge in [0.25, 0.3) is 15.9 Å². The van der Waals surface area contributed by atoms with E-state index in [1.54, 1.807) is 41.4 Å². The van der Waals surface area contributed by atoms with E-state index in [4.69, 9.17) is 0 Å². The molecule has 0 unspecified atom stereocenters. The molecule has 5 nitrogen and oxygen atoms in total. The van der Waals surface area contributed by atoms with Crippen LogP contribution in [0.15, 0.2) is 75.1 Å². The SMILES string of the molecule is CSc1ccc(NC(=O)c2cccc(NS(=O)(=O)c3cccs3)c2)cc1. The highest BCUT2D eigenvalue weighted by Crippen LogP contribution is 2.22. The molecule has 0 fully saturated rings. The number of benzene rings is 2. The number of sulfonamides is 1. The van der Waals surface area contributed by atoms with Crippen LogP contribution in [0.5, 0.6) is 0 Å². The van der Waals surface area contributed by atoms with Crippen molar-refractivity contribution in [3.8, 4) is 0 Å². The van der Waals surface area contributed by atoms with Gasteiger partial charge in [-0.3, -0.25) is 9.52 Å². The molecule has 2 N–H and O–H groups in total. The van der Waals surface area contributed by atoms with Crippen LogP contribution in [0.4, 0.5) is 11.4 Å². The maximum atomic E-state index is 12.4. The highest BCUT2D eigenvalue weighted by molar-refractivity contribution is 7.98. The van der Waals surface area contributed by atoms with Gasteiger partial charge in [0, 0.05) is 21.8 Å². The zero-order valence-electron chi connectivity index (χ0n) is 13.8. The third-order valence-electron chi connectivity index (χ3n) is 3.48. The number of thioether (sulfide) groups is 1. The Morgan fingerprint density at radius 3 is 2.42 bits per heavy atom. The molecule has 1 aromatic heterocycles. The number of amides is 1. The molecular weight excluding hydrogens is 388 g/mol. The molecule has 0 bridgehead atoms. The van der Waals surface area contributed by atoms with Gasteiger partial charge >= 0.3 is 0 Å². The van der Waals surface area contributed by atoms with Crippen LogP contribution in [-0.2, 0) is 10.0 Å². The second-order valence-electron chi connectivity index (χ2n) is 5.30. The lowest BCUT2D eigenvalue weighted by Gasteiger charge is -2.09. The summed E-state index contributed by atoms with van der Waals surface area (Å²) in [5.41, 5.74) is 1.38. The Labute approximate surface area is 160 Å². The fraction of sp³-hybridized carbons (Fsp3) is 0.0556. The summed E-state index contributed by atoms with van der Waals surface area (Å²) >= 11 is 2.75. The van der Waals surface area contributed by atoms with Crippen LogP contribution in [-0.4, -0.2) is 20.6 Å². The van der Waals surface area contributed by atoms with E-state index in [9.17, 15) is 13.2 Å². The van der Waals surface area contributed by atoms with E-state index in [2.05, 4.69) is 10.0 Å². The van der Waals surface area contributed by atoms with Crippen LogP contribution in [0.3, 0.4) is 0 Å². The minimum Gasteiger partial charge on any atom is -0.322 e. The minimum absolute atomic E-state index is 0.223. The van der Waals surface area contributed by atoms with E-state index in [0.717, 1.165) is 16.2 Å². The van der Waals surface area contributed by atoms with Gasteiger partial charge in [0.05, 0.1) is 0 Å². The van der Waals surface area contributed by atoms with E-state index >= 15 is 0 Å². The lowest BCUT2D eigenvalue weighted by molar-refractivity contribution is 0.102. The lowest BCUT2D eigenvalue weighted by Crippen LogP contribution is -2.14. The molecule has 0 atom stereocenters. The van der Waals surface area contributed by atoms with E-state index < -0.39 is 10.0 Å². The first-order chi connectivity index (χ1) is 12.5. The number of hydrogen-bond acceptors (Lipinski definition) is 5. The zero-order valence-corrected chi connectivity index (χ0v) is 16.2. The Bertz CT molecular complexity index is 998. The number of carbonyl (C=O) groups is 1. The standard InChI is InChI=1S/C18H16N2O3S3/c1-24-16-9-7-14(8-10-16)19-18(21)13-4-2-5-15(12-13)20-26(22,23)17-6-3-11-25-17/h2-12,20H,1H3,(H,19,21). The number of hydrogen-bond donors (Lipinski definition) is 2. The fourth-order valence-corrected chi connectivity index (χ4v) is 4.67. The molecule has 26 heavy (non-hydrogen) atoms. The smallest absolute Gasteiger partial charge is 0.271 e. The summed E-state index contributed by atoms with van der Waals surface area (Å²) in [6.07, 6.45) is 1.98. The molecule has 0 spiro atoms. The maximum absolute atomic E-state index is 12.4. The van der Waals surface area contributed by atoms with Gasteiger partial charge in [-0.25, -0.2) is 8.42 Å². The molecule has 0 aliphatic carbocycles. The molecule has 0 radical (unpaired) electrons. The highest BCUT2D eigenvalue weighted by atomic mass is 32.2. The molecule has 0 aliphatic rings. The van der Waals surface area contributed by atoms with Crippen LogP contribution in [0.25, 0.3) is 0 Å². The summed E-state index contributed by atoms with van der Waals surface area (Å²) in [4.78, 5) is 13.5. The van der Waals surface area contributed by atoms with Gasteiger partial charge in [-0.1, -0.05) is 12.1 Å². The molecule has 3 aromatic rings. The molecule has 1 amide bonds. The van der Waals surface area contributed by atoms with Crippen LogP contribution in [0.1, 0.15) is 10.4 Å². The summed E-state index contributed by atoms with van der Waals surface area (Å²) in [5, 5.41) is 4.50. The van der Waals surface area contributed by atoms with Gasteiger partial charge in [-0.05, 0) is 60.2 Å². The predicted molar refractivity (Wildman–Crippen MR) is 108 cm³/mol. The summed E-state index contributed by atoms with van der Waals surface area (Å²) in [6, 6.07) is 17.1.